The van der Waals surface area contributed by atoms with Gasteiger partial charge in [-0.05, 0) is 19.3 Å². The van der Waals surface area contributed by atoms with Crippen LogP contribution in [0, 0.1) is 0 Å². The first-order valence-electron chi connectivity index (χ1n) is 23.9. The number of quaternary nitrogens is 1. The Hall–Kier alpha value is -1.79. The molecular formula is C48H92NO13+. The summed E-state index contributed by atoms with van der Waals surface area (Å²) in [6.45, 7) is 6.88. The van der Waals surface area contributed by atoms with Crippen molar-refractivity contribution >= 4 is 5.97 Å². The highest BCUT2D eigenvalue weighted by molar-refractivity contribution is 5.69. The molecule has 1 aliphatic rings. The van der Waals surface area contributed by atoms with Crippen LogP contribution in [-0.4, -0.2) is 172 Å². The maximum Gasteiger partial charge on any atom is 0.305 e. The average Bonchev–Trinajstić information content (AvgIpc) is 3.68. The van der Waals surface area contributed by atoms with Crippen LogP contribution in [0.2, 0.25) is 0 Å². The van der Waals surface area contributed by atoms with Gasteiger partial charge < -0.3 is 63.5 Å². The molecule has 0 aromatic heterocycles. The number of carbonyl (C=O) groups is 1. The summed E-state index contributed by atoms with van der Waals surface area (Å²) in [6, 6.07) is 10.9. The monoisotopic (exact) mass is 891 g/mol. The van der Waals surface area contributed by atoms with Gasteiger partial charge in [0.05, 0.1) is 93.3 Å². The Balaban J connectivity index is 0.00000119. The van der Waals surface area contributed by atoms with E-state index in [1.807, 2.05) is 0 Å². The van der Waals surface area contributed by atoms with Crippen LogP contribution in [-0.2, 0) is 39.8 Å². The van der Waals surface area contributed by atoms with Crippen LogP contribution in [0.4, 0.5) is 0 Å². The molecule has 14 nitrogen and oxygen atoms in total. The fourth-order valence-electron chi connectivity index (χ4n) is 7.06. The molecule has 6 N–H and O–H groups in total. The maximum absolute atomic E-state index is 11.9. The first kappa shape index (κ1) is 60.2. The number of nitrogens with zero attached hydrogens (tertiary/aromatic N) is 1. The SMILES string of the molecule is CCCCCCCCCCCC(=O)OCCOCC(OCCO)C1OCC(OCCO)C1OCCO.CCCCCCCCCC[N+](C)(C)Cc1ccccc1.OCC(O)CO. The molecule has 366 valence electrons. The fraction of sp³-hybridized carbons (Fsp3) is 0.854. The predicted octanol–water partition coefficient (Wildman–Crippen LogP) is 5.73. The van der Waals surface area contributed by atoms with Crippen LogP contribution in [0.15, 0.2) is 30.3 Å². The minimum atomic E-state index is -0.954. The number of benzene rings is 1. The summed E-state index contributed by atoms with van der Waals surface area (Å²) in [5.41, 5.74) is 1.46. The summed E-state index contributed by atoms with van der Waals surface area (Å²) in [7, 11) is 4.71. The number of ether oxygens (including phenoxy) is 6. The van der Waals surface area contributed by atoms with Crippen molar-refractivity contribution in [2.24, 2.45) is 0 Å². The largest absolute Gasteiger partial charge is 0.463 e. The van der Waals surface area contributed by atoms with Gasteiger partial charge in [0.1, 0.15) is 43.7 Å². The molecular weight excluding hydrogens is 799 g/mol. The van der Waals surface area contributed by atoms with Gasteiger partial charge in [-0.3, -0.25) is 4.79 Å². The van der Waals surface area contributed by atoms with Gasteiger partial charge in [-0.2, -0.15) is 0 Å². The van der Waals surface area contributed by atoms with Gasteiger partial charge in [0.2, 0.25) is 0 Å². The lowest BCUT2D eigenvalue weighted by Crippen LogP contribution is -2.45. The zero-order valence-electron chi connectivity index (χ0n) is 39.4. The molecule has 14 heteroatoms. The highest BCUT2D eigenvalue weighted by Gasteiger charge is 2.44. The van der Waals surface area contributed by atoms with E-state index < -0.39 is 30.5 Å². The standard InChI is InChI=1S/C26H50O10.C19H34N.C3H8O3/c1-2-3-4-5-6-7-8-9-10-11-24(30)34-19-18-31-20-22(32-15-12-27)26-25(35-17-14-29)23(21-36-26)33-16-13-28;1-4-5-6-7-8-9-10-14-17-20(2,3)18-19-15-12-11-13-16-19;4-1-3(6)2-5/h22-23,25-29H,2-21H2,1H3;11-13,15-16H,4-10,14,17-18H2,1-3H3;3-6H,1-2H2/q;+1;. The minimum absolute atomic E-state index is 0.0937. The smallest absolute Gasteiger partial charge is 0.305 e. The third-order valence-corrected chi connectivity index (χ3v) is 10.5. The molecule has 4 atom stereocenters. The number of unbranched alkanes of at least 4 members (excludes halogenated alkanes) is 15. The molecule has 0 radical (unpaired) electrons. The van der Waals surface area contributed by atoms with Crippen molar-refractivity contribution in [3.8, 4) is 0 Å². The van der Waals surface area contributed by atoms with Crippen molar-refractivity contribution in [3.05, 3.63) is 35.9 Å². The van der Waals surface area contributed by atoms with Crippen LogP contribution < -0.4 is 0 Å². The molecule has 0 aliphatic carbocycles. The zero-order chi connectivity index (χ0) is 45.9. The average molecular weight is 891 g/mol. The Bertz CT molecular complexity index is 1080. The van der Waals surface area contributed by atoms with Crippen molar-refractivity contribution in [1.29, 1.82) is 0 Å². The molecule has 1 fully saturated rings. The second-order valence-electron chi connectivity index (χ2n) is 16.8. The lowest BCUT2D eigenvalue weighted by atomic mass is 10.1. The van der Waals surface area contributed by atoms with E-state index in [9.17, 15) is 9.90 Å². The van der Waals surface area contributed by atoms with Gasteiger partial charge in [0.15, 0.2) is 0 Å². The van der Waals surface area contributed by atoms with Gasteiger partial charge in [-0.25, -0.2) is 0 Å². The number of rotatable bonds is 38. The summed E-state index contributed by atoms with van der Waals surface area (Å²) < 4.78 is 34.9. The molecule has 1 aromatic rings. The van der Waals surface area contributed by atoms with Crippen molar-refractivity contribution < 1.29 is 68.3 Å². The normalized spacial score (nSPS) is 16.7. The highest BCUT2D eigenvalue weighted by atomic mass is 16.6. The molecule has 62 heavy (non-hydrogen) atoms. The Morgan fingerprint density at radius 3 is 1.76 bits per heavy atom. The Morgan fingerprint density at radius 2 is 1.23 bits per heavy atom. The van der Waals surface area contributed by atoms with Crippen molar-refractivity contribution in [1.82, 2.24) is 0 Å². The summed E-state index contributed by atoms with van der Waals surface area (Å²) in [4.78, 5) is 11.9. The van der Waals surface area contributed by atoms with Gasteiger partial charge in [0, 0.05) is 12.0 Å². The van der Waals surface area contributed by atoms with Crippen LogP contribution in [0.3, 0.4) is 0 Å². The summed E-state index contributed by atoms with van der Waals surface area (Å²) in [5, 5.41) is 51.4. The van der Waals surface area contributed by atoms with Gasteiger partial charge in [0.25, 0.3) is 0 Å². The van der Waals surface area contributed by atoms with E-state index in [-0.39, 0.29) is 85.3 Å². The number of hydrogen-bond donors (Lipinski definition) is 6. The van der Waals surface area contributed by atoms with E-state index in [0.717, 1.165) is 30.3 Å². The van der Waals surface area contributed by atoms with E-state index in [4.69, 9.17) is 54.0 Å². The van der Waals surface area contributed by atoms with Crippen LogP contribution in [0.25, 0.3) is 0 Å². The third kappa shape index (κ3) is 34.6. The molecule has 1 heterocycles. The van der Waals surface area contributed by atoms with E-state index in [2.05, 4.69) is 58.3 Å². The quantitative estimate of drug-likeness (QED) is 0.0268. The van der Waals surface area contributed by atoms with Crippen LogP contribution in [0.5, 0.6) is 0 Å². The third-order valence-electron chi connectivity index (χ3n) is 10.5. The van der Waals surface area contributed by atoms with Crippen molar-refractivity contribution in [2.45, 2.75) is 166 Å². The minimum Gasteiger partial charge on any atom is -0.463 e. The Morgan fingerprint density at radius 1 is 0.694 bits per heavy atom. The number of aliphatic hydroxyl groups is 6. The fourth-order valence-corrected chi connectivity index (χ4v) is 7.06. The first-order valence-corrected chi connectivity index (χ1v) is 23.9. The second kappa shape index (κ2) is 43.1. The number of aliphatic hydroxyl groups excluding tert-OH is 6. The second-order valence-corrected chi connectivity index (χ2v) is 16.8. The molecule has 0 spiro atoms. The number of carbonyl (C=O) groups excluding carboxylic acids is 1. The van der Waals surface area contributed by atoms with E-state index in [0.29, 0.717) is 6.42 Å². The van der Waals surface area contributed by atoms with Crippen molar-refractivity contribution in [2.75, 3.05) is 99.9 Å². The molecule has 0 bridgehead atoms. The maximum atomic E-state index is 11.9. The Kier molecular flexibility index (Phi) is 41.9. The van der Waals surface area contributed by atoms with Gasteiger partial charge in [-0.1, -0.05) is 134 Å². The number of esters is 1. The highest BCUT2D eigenvalue weighted by Crippen LogP contribution is 2.25. The van der Waals surface area contributed by atoms with E-state index >= 15 is 0 Å². The molecule has 1 aromatic carbocycles. The van der Waals surface area contributed by atoms with Gasteiger partial charge >= 0.3 is 5.97 Å². The first-order chi connectivity index (χ1) is 30.1. The number of hydrogen-bond acceptors (Lipinski definition) is 13. The topological polar surface area (TPSA) is 194 Å². The molecule has 4 unspecified atom stereocenters. The molecule has 0 saturated carbocycles. The molecule has 2 rings (SSSR count). The van der Waals surface area contributed by atoms with Crippen LogP contribution >= 0.6 is 0 Å². The Labute approximate surface area is 375 Å². The lowest BCUT2D eigenvalue weighted by molar-refractivity contribution is -0.903. The van der Waals surface area contributed by atoms with Crippen molar-refractivity contribution in [3.63, 3.8) is 0 Å². The lowest BCUT2D eigenvalue weighted by Gasteiger charge is -2.30. The van der Waals surface area contributed by atoms with Gasteiger partial charge in [-0.15, -0.1) is 0 Å². The molecule has 1 aliphatic heterocycles. The molecule has 1 saturated heterocycles. The summed E-state index contributed by atoms with van der Waals surface area (Å²) >= 11 is 0. The summed E-state index contributed by atoms with van der Waals surface area (Å²) in [6.07, 6.45) is 19.5. The zero-order valence-corrected chi connectivity index (χ0v) is 39.4. The van der Waals surface area contributed by atoms with E-state index in [1.165, 1.54) is 102 Å². The van der Waals surface area contributed by atoms with E-state index in [1.54, 1.807) is 0 Å². The van der Waals surface area contributed by atoms with Crippen LogP contribution in [0.1, 0.15) is 135 Å². The predicted molar refractivity (Wildman–Crippen MR) is 244 cm³/mol. The summed E-state index contributed by atoms with van der Waals surface area (Å²) in [5.74, 6) is -0.213. The molecule has 0 amide bonds.